The van der Waals surface area contributed by atoms with Crippen molar-refractivity contribution in [3.8, 4) is 0 Å². The number of carbonyl (C=O) groups excluding carboxylic acids is 1. The number of amides is 1. The highest BCUT2D eigenvalue weighted by molar-refractivity contribution is 7.80. The Morgan fingerprint density at radius 3 is 2.58 bits per heavy atom. The molecule has 0 bridgehead atoms. The minimum absolute atomic E-state index is 0.391. The lowest BCUT2D eigenvalue weighted by atomic mass is 10.2. The van der Waals surface area contributed by atoms with E-state index < -0.39 is 11.7 Å². The number of nitrogens with two attached hydrogens (primary N) is 1. The van der Waals surface area contributed by atoms with Gasteiger partial charge in [0.1, 0.15) is 19.4 Å². The Balaban J connectivity index is 4.08. The first-order chi connectivity index (χ1) is 8.65. The van der Waals surface area contributed by atoms with Crippen LogP contribution in [0.1, 0.15) is 20.8 Å². The number of carbonyl (C=O) groups is 1. The van der Waals surface area contributed by atoms with Crippen molar-refractivity contribution in [3.63, 3.8) is 0 Å². The Kier molecular flexibility index (Phi) is 7.55. The Labute approximate surface area is 120 Å². The Bertz CT molecular complexity index is 350. The zero-order valence-corrected chi connectivity index (χ0v) is 13.0. The minimum Gasteiger partial charge on any atom is -0.444 e. The van der Waals surface area contributed by atoms with Crippen LogP contribution >= 0.6 is 12.6 Å². The average Bonchev–Trinajstić information content (AvgIpc) is 2.22. The van der Waals surface area contributed by atoms with Crippen molar-refractivity contribution in [3.05, 3.63) is 11.9 Å². The highest BCUT2D eigenvalue weighted by Crippen LogP contribution is 2.06. The van der Waals surface area contributed by atoms with Crippen LogP contribution in [-0.4, -0.2) is 53.9 Å². The quantitative estimate of drug-likeness (QED) is 0.222. The van der Waals surface area contributed by atoms with Crippen LogP contribution in [0.2, 0.25) is 0 Å². The van der Waals surface area contributed by atoms with E-state index >= 15 is 0 Å². The van der Waals surface area contributed by atoms with Gasteiger partial charge < -0.3 is 15.1 Å². The fraction of sp³-hybridized carbons (Fsp3) is 0.667. The van der Waals surface area contributed by atoms with Crippen LogP contribution < -0.4 is 11.2 Å². The summed E-state index contributed by atoms with van der Waals surface area (Å²) < 4.78 is 6.79. The van der Waals surface area contributed by atoms with Crippen molar-refractivity contribution in [2.45, 2.75) is 26.4 Å². The van der Waals surface area contributed by atoms with Crippen LogP contribution in [0.25, 0.3) is 0 Å². The van der Waals surface area contributed by atoms with Crippen LogP contribution in [-0.2, 0) is 4.74 Å². The van der Waals surface area contributed by atoms with Gasteiger partial charge in [0.05, 0.1) is 18.5 Å². The fourth-order valence-electron chi connectivity index (χ4n) is 1.12. The number of nitrogens with one attached hydrogen (secondary N) is 1. The second kappa shape index (κ2) is 8.06. The predicted molar refractivity (Wildman–Crippen MR) is 80.4 cm³/mol. The van der Waals surface area contributed by atoms with E-state index in [1.165, 1.54) is 5.01 Å². The van der Waals surface area contributed by atoms with Crippen molar-refractivity contribution in [2.75, 3.05) is 25.9 Å². The van der Waals surface area contributed by atoms with Gasteiger partial charge in [-0.3, -0.25) is 0 Å². The van der Waals surface area contributed by atoms with Crippen LogP contribution in [0.3, 0.4) is 0 Å². The van der Waals surface area contributed by atoms with Gasteiger partial charge in [0.25, 0.3) is 0 Å². The molecule has 0 aromatic heterocycles. The molecule has 3 N–H and O–H groups in total. The molecule has 0 unspecified atom stereocenters. The molecule has 0 spiro atoms. The average molecular weight is 289 g/mol. The molecule has 0 atom stereocenters. The number of alkyl carbamates (subject to hydrolysis) is 1. The molecule has 0 heterocycles. The van der Waals surface area contributed by atoms with Crippen molar-refractivity contribution in [1.82, 2.24) is 10.3 Å². The maximum Gasteiger partial charge on any atom is 0.407 e. The second-order valence-corrected chi connectivity index (χ2v) is 5.46. The Hall–Kier alpha value is -1.21. The Morgan fingerprint density at radius 2 is 2.16 bits per heavy atom. The summed E-state index contributed by atoms with van der Waals surface area (Å²) in [6.07, 6.45) is 1.28. The molecule has 0 aliphatic rings. The summed E-state index contributed by atoms with van der Waals surface area (Å²) in [6.45, 7) is 10.0. The van der Waals surface area contributed by atoms with Crippen LogP contribution in [0.15, 0.2) is 11.9 Å². The van der Waals surface area contributed by atoms with Crippen molar-refractivity contribution < 1.29 is 14.1 Å². The number of hydrazine groups is 1. The third kappa shape index (κ3) is 9.38. The van der Waals surface area contributed by atoms with Crippen LogP contribution in [0.5, 0.6) is 0 Å². The van der Waals surface area contributed by atoms with Gasteiger partial charge in [-0.05, 0) is 20.8 Å². The molecule has 0 aliphatic heterocycles. The molecule has 0 aromatic rings. The molecule has 0 aliphatic carbocycles. The summed E-state index contributed by atoms with van der Waals surface area (Å²) in [5.74, 6) is 6.31. The van der Waals surface area contributed by atoms with Gasteiger partial charge in [0, 0.05) is 6.54 Å². The fourth-order valence-corrected chi connectivity index (χ4v) is 1.44. The molecule has 6 nitrogen and oxygen atoms in total. The number of hydrogen-bond acceptors (Lipinski definition) is 5. The van der Waals surface area contributed by atoms with Crippen molar-refractivity contribution in [1.29, 1.82) is 0 Å². The summed E-state index contributed by atoms with van der Waals surface area (Å²) in [7, 11) is 1.81. The van der Waals surface area contributed by atoms with Gasteiger partial charge in [-0.2, -0.15) is 12.6 Å². The molecule has 0 radical (unpaired) electrons. The summed E-state index contributed by atoms with van der Waals surface area (Å²) in [6, 6.07) is 0. The Morgan fingerprint density at radius 1 is 1.58 bits per heavy atom. The van der Waals surface area contributed by atoms with Crippen molar-refractivity contribution in [2.24, 2.45) is 5.84 Å². The van der Waals surface area contributed by atoms with E-state index in [-0.39, 0.29) is 0 Å². The normalized spacial score (nSPS) is 12.0. The van der Waals surface area contributed by atoms with Crippen LogP contribution in [0.4, 0.5) is 4.79 Å². The number of hydrogen-bond donors (Lipinski definition) is 3. The molecule has 0 aromatic carbocycles. The molecular weight excluding hydrogens is 264 g/mol. The summed E-state index contributed by atoms with van der Waals surface area (Å²) in [4.78, 5) is 11.4. The van der Waals surface area contributed by atoms with Crippen molar-refractivity contribution >= 4 is 25.4 Å². The lowest BCUT2D eigenvalue weighted by Crippen LogP contribution is -2.38. The van der Waals surface area contributed by atoms with E-state index in [0.29, 0.717) is 18.8 Å². The highest BCUT2D eigenvalue weighted by atomic mass is 32.1. The lowest BCUT2D eigenvalue weighted by Gasteiger charge is -2.20. The third-order valence-electron chi connectivity index (χ3n) is 2.01. The second-order valence-electron chi connectivity index (χ2n) is 5.14. The molecule has 1 amide bonds. The number of nitrogens with zero attached hydrogens (tertiary/aromatic N) is 2. The standard InChI is InChI=1S/C12H24N4O2S/c1-12(2,3)18-11(17)14-6-7-16(13)8-10(9-19)15(4)5/h8H,4,6-7,9,13H2,1-3,5H3,(H-,14,17,19)/p+1. The zero-order valence-electron chi connectivity index (χ0n) is 12.1. The van der Waals surface area contributed by atoms with Gasteiger partial charge in [0.15, 0.2) is 0 Å². The molecule has 0 rings (SSSR count). The topological polar surface area (TPSA) is 70.6 Å². The predicted octanol–water partition coefficient (Wildman–Crippen LogP) is 0.801. The van der Waals surface area contributed by atoms with E-state index in [9.17, 15) is 4.79 Å². The molecule has 0 saturated carbocycles. The lowest BCUT2D eigenvalue weighted by molar-refractivity contribution is -0.433. The number of ether oxygens (including phenoxy) is 1. The first-order valence-corrected chi connectivity index (χ1v) is 6.63. The van der Waals surface area contributed by atoms with E-state index in [1.54, 1.807) is 10.8 Å². The molecule has 0 fully saturated rings. The molecule has 110 valence electrons. The summed E-state index contributed by atoms with van der Waals surface area (Å²) in [5.41, 5.74) is 0.380. The summed E-state index contributed by atoms with van der Waals surface area (Å²) in [5, 5.41) is 4.11. The van der Waals surface area contributed by atoms with Gasteiger partial charge in [0.2, 0.25) is 5.70 Å². The van der Waals surface area contributed by atoms with Gasteiger partial charge >= 0.3 is 6.09 Å². The SMILES string of the molecule is C=[N+](C)C(=CN(N)CCNC(=O)OC(C)(C)C)CS. The van der Waals surface area contributed by atoms with Gasteiger partial charge in [-0.15, -0.1) is 0 Å². The monoisotopic (exact) mass is 289 g/mol. The minimum atomic E-state index is -0.498. The third-order valence-corrected chi connectivity index (χ3v) is 2.33. The van der Waals surface area contributed by atoms with E-state index in [4.69, 9.17) is 10.6 Å². The molecular formula is C12H25N4O2S+. The highest BCUT2D eigenvalue weighted by Gasteiger charge is 2.15. The van der Waals surface area contributed by atoms with E-state index in [2.05, 4.69) is 24.7 Å². The maximum atomic E-state index is 11.4. The van der Waals surface area contributed by atoms with Gasteiger partial charge in [-0.1, -0.05) is 0 Å². The smallest absolute Gasteiger partial charge is 0.407 e. The van der Waals surface area contributed by atoms with E-state index in [0.717, 1.165) is 5.70 Å². The largest absolute Gasteiger partial charge is 0.444 e. The first kappa shape index (κ1) is 17.8. The first-order valence-electron chi connectivity index (χ1n) is 5.99. The van der Waals surface area contributed by atoms with E-state index in [1.807, 2.05) is 27.8 Å². The van der Waals surface area contributed by atoms with Crippen LogP contribution in [0, 0.1) is 0 Å². The molecule has 19 heavy (non-hydrogen) atoms. The molecule has 0 saturated heterocycles. The number of rotatable bonds is 6. The number of thiol groups is 1. The summed E-state index contributed by atoms with van der Waals surface area (Å²) >= 11 is 4.18. The maximum absolute atomic E-state index is 11.4. The van der Waals surface area contributed by atoms with Gasteiger partial charge in [-0.25, -0.2) is 15.2 Å². The zero-order chi connectivity index (χ0) is 15.1. The molecule has 7 heteroatoms.